The number of nitriles is 1. The normalized spacial score (nSPS) is 14.3. The van der Waals surface area contributed by atoms with E-state index in [-0.39, 0.29) is 0 Å². The lowest BCUT2D eigenvalue weighted by Crippen LogP contribution is -2.28. The van der Waals surface area contributed by atoms with Crippen LogP contribution in [0, 0.1) is 25.2 Å². The Labute approximate surface area is 194 Å². The predicted octanol–water partition coefficient (Wildman–Crippen LogP) is 6.71. The first-order chi connectivity index (χ1) is 16.1. The Bertz CT molecular complexity index is 1340. The molecule has 3 heterocycles. The van der Waals surface area contributed by atoms with Crippen LogP contribution in [0.1, 0.15) is 41.7 Å². The van der Waals surface area contributed by atoms with Crippen molar-refractivity contribution in [3.05, 3.63) is 77.2 Å². The summed E-state index contributed by atoms with van der Waals surface area (Å²) in [4.78, 5) is 7.03. The third kappa shape index (κ3) is 4.48. The molecule has 5 heteroatoms. The van der Waals surface area contributed by atoms with E-state index in [0.29, 0.717) is 5.56 Å². The Morgan fingerprint density at radius 3 is 2.67 bits per heavy atom. The number of rotatable bonds is 5. The summed E-state index contributed by atoms with van der Waals surface area (Å²) < 4.78 is 6.18. The second-order valence-electron chi connectivity index (χ2n) is 8.94. The highest BCUT2D eigenvalue weighted by molar-refractivity contribution is 5.97. The Kier molecular flexibility index (Phi) is 5.85. The largest absolute Gasteiger partial charge is 0.460 e. The molecule has 0 bridgehead atoms. The van der Waals surface area contributed by atoms with E-state index in [1.807, 2.05) is 24.3 Å². The summed E-state index contributed by atoms with van der Waals surface area (Å²) in [6.07, 6.45) is 5.51. The summed E-state index contributed by atoms with van der Waals surface area (Å²) in [6.45, 7) is 7.30. The van der Waals surface area contributed by atoms with Gasteiger partial charge in [0.25, 0.3) is 0 Å². The molecule has 2 aromatic carbocycles. The number of fused-ring (bicyclic) bond motifs is 1. The van der Waals surface area contributed by atoms with Gasteiger partial charge in [-0.15, -0.1) is 0 Å². The van der Waals surface area contributed by atoms with Crippen molar-refractivity contribution in [3.63, 3.8) is 0 Å². The average molecular weight is 437 g/mol. The van der Waals surface area contributed by atoms with E-state index in [0.717, 1.165) is 64.6 Å². The maximum atomic E-state index is 9.69. The molecule has 0 spiro atoms. The molecular weight excluding hydrogens is 408 g/mol. The number of pyridine rings is 1. The van der Waals surface area contributed by atoms with Crippen LogP contribution in [0.5, 0.6) is 0 Å². The lowest BCUT2D eigenvalue weighted by Gasteiger charge is -2.25. The third-order valence-corrected chi connectivity index (χ3v) is 6.41. The number of nitrogens with one attached hydrogen (secondary N) is 1. The number of aromatic nitrogens is 1. The molecule has 5 nitrogen and oxygen atoms in total. The molecule has 0 unspecified atom stereocenters. The van der Waals surface area contributed by atoms with Gasteiger partial charge >= 0.3 is 0 Å². The van der Waals surface area contributed by atoms with Gasteiger partial charge in [-0.25, -0.2) is 0 Å². The first-order valence-electron chi connectivity index (χ1n) is 11.6. The summed E-state index contributed by atoms with van der Waals surface area (Å²) in [5.41, 5.74) is 6.46. The first-order valence-corrected chi connectivity index (χ1v) is 11.6. The number of aryl methyl sites for hydroxylation is 2. The quantitative estimate of drug-likeness (QED) is 0.376. The smallest absolute Gasteiger partial charge is 0.134 e. The van der Waals surface area contributed by atoms with Gasteiger partial charge in [0.1, 0.15) is 17.6 Å². The summed E-state index contributed by atoms with van der Waals surface area (Å²) in [6, 6.07) is 18.8. The summed E-state index contributed by atoms with van der Waals surface area (Å²) >= 11 is 0. The molecule has 1 aliphatic heterocycles. The number of nitrogens with zero attached hydrogens (tertiary/aromatic N) is 3. The van der Waals surface area contributed by atoms with Crippen LogP contribution in [0.25, 0.3) is 22.2 Å². The van der Waals surface area contributed by atoms with Crippen molar-refractivity contribution < 1.29 is 4.42 Å². The van der Waals surface area contributed by atoms with Gasteiger partial charge < -0.3 is 9.73 Å². The second kappa shape index (κ2) is 9.09. The minimum absolute atomic E-state index is 0.525. The van der Waals surface area contributed by atoms with Gasteiger partial charge in [-0.1, -0.05) is 30.2 Å². The molecule has 0 amide bonds. The van der Waals surface area contributed by atoms with E-state index in [2.05, 4.69) is 59.4 Å². The van der Waals surface area contributed by atoms with Gasteiger partial charge in [0.15, 0.2) is 0 Å². The van der Waals surface area contributed by atoms with Crippen molar-refractivity contribution in [2.45, 2.75) is 39.7 Å². The highest BCUT2D eigenvalue weighted by Gasteiger charge is 2.15. The monoisotopic (exact) mass is 436 g/mol. The van der Waals surface area contributed by atoms with Crippen molar-refractivity contribution >= 4 is 22.3 Å². The summed E-state index contributed by atoms with van der Waals surface area (Å²) in [5, 5.41) is 14.1. The van der Waals surface area contributed by atoms with Crippen molar-refractivity contribution in [1.29, 1.82) is 5.26 Å². The van der Waals surface area contributed by atoms with E-state index in [1.54, 1.807) is 6.20 Å². The lowest BCUT2D eigenvalue weighted by atomic mass is 10.0. The van der Waals surface area contributed by atoms with Crippen LogP contribution in [0.2, 0.25) is 0 Å². The average Bonchev–Trinajstić information content (AvgIpc) is 3.29. The van der Waals surface area contributed by atoms with Crippen LogP contribution in [-0.4, -0.2) is 23.0 Å². The first kappa shape index (κ1) is 21.2. The van der Waals surface area contributed by atoms with Gasteiger partial charge in [0.05, 0.1) is 23.3 Å². The van der Waals surface area contributed by atoms with Crippen LogP contribution in [0.3, 0.4) is 0 Å². The number of hydrogen-bond acceptors (Lipinski definition) is 5. The van der Waals surface area contributed by atoms with E-state index < -0.39 is 0 Å². The van der Waals surface area contributed by atoms with Crippen LogP contribution in [0.4, 0.5) is 11.4 Å². The van der Waals surface area contributed by atoms with E-state index in [4.69, 9.17) is 4.42 Å². The zero-order chi connectivity index (χ0) is 22.8. The molecule has 33 heavy (non-hydrogen) atoms. The minimum Gasteiger partial charge on any atom is -0.460 e. The highest BCUT2D eigenvalue weighted by Crippen LogP contribution is 2.33. The summed E-state index contributed by atoms with van der Waals surface area (Å²) in [5.74, 6) is 1.84. The van der Waals surface area contributed by atoms with Crippen molar-refractivity contribution in [1.82, 2.24) is 9.88 Å². The molecule has 1 saturated heterocycles. The highest BCUT2D eigenvalue weighted by atomic mass is 16.3. The number of anilines is 2. The number of likely N-dealkylation sites (tertiary alicyclic amines) is 1. The van der Waals surface area contributed by atoms with E-state index in [1.165, 1.54) is 24.8 Å². The standard InChI is InChI=1S/C28H28N4O/c1-19-6-10-25(20(2)14-19)31-28-22(16-29)17-30-26-15-21(7-9-24(26)28)27-11-8-23(33-27)18-32-12-4-3-5-13-32/h6-11,14-15,17H,3-5,12-13,18H2,1-2H3,(H,30,31). The molecule has 2 aromatic heterocycles. The van der Waals surface area contributed by atoms with Crippen LogP contribution < -0.4 is 5.32 Å². The van der Waals surface area contributed by atoms with Crippen molar-refractivity contribution in [3.8, 4) is 17.4 Å². The third-order valence-electron chi connectivity index (χ3n) is 6.41. The molecule has 0 radical (unpaired) electrons. The molecule has 1 N–H and O–H groups in total. The minimum atomic E-state index is 0.525. The van der Waals surface area contributed by atoms with Crippen molar-refractivity contribution in [2.75, 3.05) is 18.4 Å². The van der Waals surface area contributed by atoms with Gasteiger partial charge in [0.2, 0.25) is 0 Å². The Hall–Kier alpha value is -3.62. The number of benzene rings is 2. The second-order valence-corrected chi connectivity index (χ2v) is 8.94. The van der Waals surface area contributed by atoms with Gasteiger partial charge in [0, 0.05) is 22.8 Å². The van der Waals surface area contributed by atoms with E-state index in [9.17, 15) is 5.26 Å². The van der Waals surface area contributed by atoms with Gasteiger partial charge in [-0.05, 0) is 75.7 Å². The topological polar surface area (TPSA) is 65.1 Å². The molecule has 1 fully saturated rings. The fraction of sp³-hybridized carbons (Fsp3) is 0.286. The number of hydrogen-bond donors (Lipinski definition) is 1. The predicted molar refractivity (Wildman–Crippen MR) is 132 cm³/mol. The molecular formula is C28H28N4O. The number of furan rings is 1. The SMILES string of the molecule is Cc1ccc(Nc2c(C#N)cnc3cc(-c4ccc(CN5CCCCC5)o4)ccc23)c(C)c1. The fourth-order valence-electron chi connectivity index (χ4n) is 4.61. The van der Waals surface area contributed by atoms with Gasteiger partial charge in [-0.2, -0.15) is 5.26 Å². The zero-order valence-electron chi connectivity index (χ0n) is 19.2. The summed E-state index contributed by atoms with van der Waals surface area (Å²) in [7, 11) is 0. The maximum absolute atomic E-state index is 9.69. The Morgan fingerprint density at radius 2 is 1.88 bits per heavy atom. The number of piperidine rings is 1. The Morgan fingerprint density at radius 1 is 1.03 bits per heavy atom. The molecule has 166 valence electrons. The molecule has 0 saturated carbocycles. The molecule has 0 atom stereocenters. The fourth-order valence-corrected chi connectivity index (χ4v) is 4.61. The molecule has 4 aromatic rings. The molecule has 1 aliphatic rings. The zero-order valence-corrected chi connectivity index (χ0v) is 19.2. The van der Waals surface area contributed by atoms with E-state index >= 15 is 0 Å². The van der Waals surface area contributed by atoms with Crippen molar-refractivity contribution in [2.24, 2.45) is 0 Å². The van der Waals surface area contributed by atoms with Gasteiger partial charge in [-0.3, -0.25) is 9.88 Å². The van der Waals surface area contributed by atoms with Crippen LogP contribution >= 0.6 is 0 Å². The Balaban J connectivity index is 1.46. The van der Waals surface area contributed by atoms with Crippen LogP contribution in [-0.2, 0) is 6.54 Å². The molecule has 0 aliphatic carbocycles. The lowest BCUT2D eigenvalue weighted by molar-refractivity contribution is 0.206. The van der Waals surface area contributed by atoms with Crippen LogP contribution in [0.15, 0.2) is 59.1 Å². The maximum Gasteiger partial charge on any atom is 0.134 e. The molecule has 5 rings (SSSR count).